The molecule has 2 aliphatic heterocycles. The molecular weight excluding hydrogens is 374 g/mol. The molecule has 1 atom stereocenters. The summed E-state index contributed by atoms with van der Waals surface area (Å²) >= 11 is 6.14. The van der Waals surface area contributed by atoms with Crippen LogP contribution in [-0.4, -0.2) is 70.8 Å². The van der Waals surface area contributed by atoms with Crippen LogP contribution < -0.4 is 4.90 Å². The molecule has 1 aromatic carbocycles. The van der Waals surface area contributed by atoms with Gasteiger partial charge >= 0.3 is 0 Å². The largest absolute Gasteiger partial charge is 0.369 e. The Kier molecular flexibility index (Phi) is 5.87. The number of hydrogen-bond acceptors (Lipinski definition) is 4. The average Bonchev–Trinajstić information content (AvgIpc) is 3.13. The Labute approximate surface area is 171 Å². The molecule has 4 rings (SSSR count). The Morgan fingerprint density at radius 2 is 2.00 bits per heavy atom. The van der Waals surface area contributed by atoms with Gasteiger partial charge in [-0.15, -0.1) is 0 Å². The van der Waals surface area contributed by atoms with Gasteiger partial charge in [0.15, 0.2) is 0 Å². The number of benzene rings is 1. The van der Waals surface area contributed by atoms with Gasteiger partial charge in [0, 0.05) is 62.2 Å². The summed E-state index contributed by atoms with van der Waals surface area (Å²) in [5.74, 6) is 0.172. The number of piperazine rings is 1. The quantitative estimate of drug-likeness (QED) is 0.790. The van der Waals surface area contributed by atoms with Crippen molar-refractivity contribution in [1.82, 2.24) is 19.6 Å². The van der Waals surface area contributed by atoms with E-state index in [4.69, 9.17) is 11.6 Å². The maximum absolute atomic E-state index is 12.7. The third-order valence-corrected chi connectivity index (χ3v) is 6.06. The van der Waals surface area contributed by atoms with Crippen LogP contribution in [0.2, 0.25) is 5.02 Å². The van der Waals surface area contributed by atoms with Crippen LogP contribution in [0.3, 0.4) is 0 Å². The van der Waals surface area contributed by atoms with E-state index in [0.29, 0.717) is 12.6 Å². The van der Waals surface area contributed by atoms with E-state index in [1.807, 2.05) is 42.3 Å². The second-order valence-corrected chi connectivity index (χ2v) is 8.23. The van der Waals surface area contributed by atoms with Crippen LogP contribution >= 0.6 is 11.6 Å². The molecule has 0 N–H and O–H groups in total. The van der Waals surface area contributed by atoms with Crippen molar-refractivity contribution in [3.05, 3.63) is 47.2 Å². The highest BCUT2D eigenvalue weighted by molar-refractivity contribution is 6.30. The van der Waals surface area contributed by atoms with Gasteiger partial charge in [0.05, 0.1) is 5.69 Å². The predicted molar refractivity (Wildman–Crippen MR) is 112 cm³/mol. The molecule has 7 heteroatoms. The number of amides is 1. The fraction of sp³-hybridized carbons (Fsp3) is 0.524. The number of likely N-dealkylation sites (tertiary alicyclic amines) is 1. The molecule has 2 saturated heterocycles. The fourth-order valence-corrected chi connectivity index (χ4v) is 4.47. The van der Waals surface area contributed by atoms with Crippen LogP contribution in [0.5, 0.6) is 0 Å². The van der Waals surface area contributed by atoms with Crippen molar-refractivity contribution < 1.29 is 4.79 Å². The van der Waals surface area contributed by atoms with Gasteiger partial charge in [-0.2, -0.15) is 5.10 Å². The first-order chi connectivity index (χ1) is 13.6. The summed E-state index contributed by atoms with van der Waals surface area (Å²) in [7, 11) is 0. The first kappa shape index (κ1) is 19.3. The lowest BCUT2D eigenvalue weighted by atomic mass is 10.0. The number of aromatic nitrogens is 2. The third kappa shape index (κ3) is 4.50. The van der Waals surface area contributed by atoms with Gasteiger partial charge in [0.1, 0.15) is 6.54 Å². The second kappa shape index (κ2) is 8.53. The van der Waals surface area contributed by atoms with E-state index >= 15 is 0 Å². The molecular formula is C21H28ClN5O. The summed E-state index contributed by atoms with van der Waals surface area (Å²) in [6, 6.07) is 10.5. The summed E-state index contributed by atoms with van der Waals surface area (Å²) in [4.78, 5) is 19.7. The van der Waals surface area contributed by atoms with Crippen LogP contribution in [0.1, 0.15) is 18.5 Å². The smallest absolute Gasteiger partial charge is 0.244 e. The molecule has 1 amide bonds. The first-order valence-corrected chi connectivity index (χ1v) is 10.5. The van der Waals surface area contributed by atoms with Crippen LogP contribution in [-0.2, 0) is 11.3 Å². The molecule has 3 heterocycles. The van der Waals surface area contributed by atoms with E-state index in [0.717, 1.165) is 56.4 Å². The zero-order chi connectivity index (χ0) is 19.5. The Bertz CT molecular complexity index is 815. The molecule has 6 nitrogen and oxygen atoms in total. The number of aryl methyl sites for hydroxylation is 1. The molecule has 150 valence electrons. The summed E-state index contributed by atoms with van der Waals surface area (Å²) < 4.78 is 1.74. The topological polar surface area (TPSA) is 44.6 Å². The number of nitrogens with zero attached hydrogens (tertiary/aromatic N) is 5. The van der Waals surface area contributed by atoms with Crippen molar-refractivity contribution in [2.45, 2.75) is 32.4 Å². The molecule has 2 fully saturated rings. The van der Waals surface area contributed by atoms with Gasteiger partial charge in [-0.25, -0.2) is 0 Å². The molecule has 0 unspecified atom stereocenters. The third-order valence-electron chi connectivity index (χ3n) is 5.82. The highest BCUT2D eigenvalue weighted by atomic mass is 35.5. The maximum Gasteiger partial charge on any atom is 0.244 e. The maximum atomic E-state index is 12.7. The summed E-state index contributed by atoms with van der Waals surface area (Å²) in [6.07, 6.45) is 4.12. The van der Waals surface area contributed by atoms with Crippen LogP contribution in [0.15, 0.2) is 36.5 Å². The zero-order valence-corrected chi connectivity index (χ0v) is 17.2. The van der Waals surface area contributed by atoms with Gasteiger partial charge in [-0.1, -0.05) is 17.7 Å². The van der Waals surface area contributed by atoms with Gasteiger partial charge in [0.2, 0.25) is 5.91 Å². The molecule has 0 bridgehead atoms. The first-order valence-electron chi connectivity index (χ1n) is 10.1. The molecule has 0 radical (unpaired) electrons. The van der Waals surface area contributed by atoms with Gasteiger partial charge in [-0.05, 0) is 44.0 Å². The van der Waals surface area contributed by atoms with Crippen LogP contribution in [0, 0.1) is 6.92 Å². The minimum atomic E-state index is 0.172. The minimum absolute atomic E-state index is 0.172. The van der Waals surface area contributed by atoms with Crippen LogP contribution in [0.4, 0.5) is 5.69 Å². The molecule has 2 aliphatic rings. The summed E-state index contributed by atoms with van der Waals surface area (Å²) in [5.41, 5.74) is 2.14. The Morgan fingerprint density at radius 3 is 2.71 bits per heavy atom. The summed E-state index contributed by atoms with van der Waals surface area (Å²) in [5, 5.41) is 5.13. The van der Waals surface area contributed by atoms with Crippen molar-refractivity contribution >= 4 is 23.2 Å². The van der Waals surface area contributed by atoms with Gasteiger partial charge < -0.3 is 9.80 Å². The fourth-order valence-electron chi connectivity index (χ4n) is 4.29. The lowest BCUT2D eigenvalue weighted by molar-refractivity contribution is -0.134. The zero-order valence-electron chi connectivity index (χ0n) is 16.4. The molecule has 28 heavy (non-hydrogen) atoms. The van der Waals surface area contributed by atoms with Crippen molar-refractivity contribution in [3.63, 3.8) is 0 Å². The Morgan fingerprint density at radius 1 is 1.18 bits per heavy atom. The molecule has 0 aliphatic carbocycles. The van der Waals surface area contributed by atoms with Crippen molar-refractivity contribution in [2.75, 3.05) is 44.2 Å². The van der Waals surface area contributed by atoms with E-state index in [1.54, 1.807) is 4.68 Å². The second-order valence-electron chi connectivity index (χ2n) is 7.79. The number of hydrogen-bond donors (Lipinski definition) is 0. The van der Waals surface area contributed by atoms with Crippen molar-refractivity contribution in [3.8, 4) is 0 Å². The normalized spacial score (nSPS) is 21.1. The van der Waals surface area contributed by atoms with E-state index in [1.165, 1.54) is 12.1 Å². The van der Waals surface area contributed by atoms with Gasteiger partial charge in [-0.3, -0.25) is 14.4 Å². The van der Waals surface area contributed by atoms with Crippen molar-refractivity contribution in [2.24, 2.45) is 0 Å². The molecule has 1 aromatic heterocycles. The van der Waals surface area contributed by atoms with Crippen LogP contribution in [0.25, 0.3) is 0 Å². The Hall–Kier alpha value is -2.05. The predicted octanol–water partition coefficient (Wildman–Crippen LogP) is 2.66. The Balaban J connectivity index is 1.31. The van der Waals surface area contributed by atoms with Crippen molar-refractivity contribution in [1.29, 1.82) is 0 Å². The van der Waals surface area contributed by atoms with Gasteiger partial charge in [0.25, 0.3) is 0 Å². The SMILES string of the molecule is Cc1ccn(CC(=O)N2CCC[C@H](N3CCN(c4cccc(Cl)c4)CC3)C2)n1. The molecule has 0 saturated carbocycles. The lowest BCUT2D eigenvalue weighted by Crippen LogP contribution is -2.56. The standard InChI is InChI=1S/C21H28ClN5O/c1-17-7-9-27(23-17)16-21(28)26-8-3-6-20(15-26)25-12-10-24(11-13-25)19-5-2-4-18(22)14-19/h2,4-5,7,9,14,20H,3,6,8,10-13,15-16H2,1H3/t20-/m0/s1. The van der Waals surface area contributed by atoms with E-state index < -0.39 is 0 Å². The average molecular weight is 402 g/mol. The number of carbonyl (C=O) groups is 1. The highest BCUT2D eigenvalue weighted by Gasteiger charge is 2.30. The number of piperidine rings is 1. The van der Waals surface area contributed by atoms with E-state index in [9.17, 15) is 4.79 Å². The molecule has 0 spiro atoms. The lowest BCUT2D eigenvalue weighted by Gasteiger charge is -2.44. The van der Waals surface area contributed by atoms with E-state index in [2.05, 4.69) is 21.0 Å². The monoisotopic (exact) mass is 401 g/mol. The number of anilines is 1. The van der Waals surface area contributed by atoms with E-state index in [-0.39, 0.29) is 5.91 Å². The number of halogens is 1. The number of carbonyl (C=O) groups excluding carboxylic acids is 1. The highest BCUT2D eigenvalue weighted by Crippen LogP contribution is 2.23. The number of rotatable bonds is 4. The molecule has 2 aromatic rings. The summed E-state index contributed by atoms with van der Waals surface area (Å²) in [6.45, 7) is 8.02. The minimum Gasteiger partial charge on any atom is -0.369 e.